The van der Waals surface area contributed by atoms with Crippen LogP contribution in [0, 0.1) is 6.92 Å². The molecule has 88 valence electrons. The number of benzene rings is 1. The third-order valence-electron chi connectivity index (χ3n) is 1.98. The van der Waals surface area contributed by atoms with Crippen LogP contribution < -0.4 is 0 Å². The SMILES string of the molecule is Cc1cc(SOOO)ccc1C(=O)CCBr. The molecule has 1 N–H and O–H groups in total. The molecule has 0 aliphatic heterocycles. The average Bonchev–Trinajstić information content (AvgIpc) is 2.26. The predicted octanol–water partition coefficient (Wildman–Crippen LogP) is 3.39. The summed E-state index contributed by atoms with van der Waals surface area (Å²) in [6.45, 7) is 1.85. The van der Waals surface area contributed by atoms with Gasteiger partial charge in [-0.25, -0.2) is 5.26 Å². The van der Waals surface area contributed by atoms with Gasteiger partial charge in [0.15, 0.2) is 5.78 Å². The van der Waals surface area contributed by atoms with Gasteiger partial charge < -0.3 is 0 Å². The number of carbonyl (C=O) groups excluding carboxylic acids is 1. The van der Waals surface area contributed by atoms with E-state index in [2.05, 4.69) is 25.3 Å². The standard InChI is InChI=1S/C10H11BrO4S/c1-7-6-8(16-15-14-13)2-3-9(7)10(12)4-5-11/h2-3,6,13H,4-5H2,1H3. The molecule has 0 heterocycles. The van der Waals surface area contributed by atoms with Crippen molar-refractivity contribution in [2.24, 2.45) is 0 Å². The number of alkyl halides is 1. The molecule has 1 aromatic rings. The summed E-state index contributed by atoms with van der Waals surface area (Å²) >= 11 is 4.11. The summed E-state index contributed by atoms with van der Waals surface area (Å²) in [6.07, 6.45) is 0.476. The van der Waals surface area contributed by atoms with Crippen molar-refractivity contribution in [3.63, 3.8) is 0 Å². The van der Waals surface area contributed by atoms with Crippen LogP contribution >= 0.6 is 28.0 Å². The summed E-state index contributed by atoms with van der Waals surface area (Å²) in [5, 5.41) is 12.2. The molecule has 6 heteroatoms. The summed E-state index contributed by atoms with van der Waals surface area (Å²) < 4.78 is 4.30. The van der Waals surface area contributed by atoms with Crippen molar-refractivity contribution >= 4 is 33.8 Å². The average molecular weight is 307 g/mol. The van der Waals surface area contributed by atoms with Crippen LogP contribution in [0.15, 0.2) is 23.1 Å². The maximum Gasteiger partial charge on any atom is 0.163 e. The highest BCUT2D eigenvalue weighted by Crippen LogP contribution is 2.22. The van der Waals surface area contributed by atoms with Crippen molar-refractivity contribution in [2.45, 2.75) is 18.2 Å². The third kappa shape index (κ3) is 3.88. The zero-order chi connectivity index (χ0) is 12.0. The maximum absolute atomic E-state index is 11.7. The molecular weight excluding hydrogens is 296 g/mol. The number of rotatable bonds is 6. The van der Waals surface area contributed by atoms with Gasteiger partial charge in [-0.2, -0.15) is 0 Å². The lowest BCUT2D eigenvalue weighted by atomic mass is 10.0. The molecule has 0 aromatic heterocycles. The van der Waals surface area contributed by atoms with Gasteiger partial charge in [-0.15, -0.1) is 4.33 Å². The van der Waals surface area contributed by atoms with E-state index in [9.17, 15) is 4.79 Å². The number of Topliss-reactive ketones (excluding diaryl/α,β-unsaturated/α-hetero) is 1. The van der Waals surface area contributed by atoms with Crippen LogP contribution in [0.2, 0.25) is 0 Å². The molecule has 0 aliphatic carbocycles. The van der Waals surface area contributed by atoms with Crippen molar-refractivity contribution in [1.29, 1.82) is 0 Å². The van der Waals surface area contributed by atoms with Crippen molar-refractivity contribution in [1.82, 2.24) is 0 Å². The van der Waals surface area contributed by atoms with Gasteiger partial charge in [-0.05, 0) is 30.7 Å². The third-order valence-corrected chi connectivity index (χ3v) is 2.95. The van der Waals surface area contributed by atoms with Crippen LogP contribution in [0.3, 0.4) is 0 Å². The highest BCUT2D eigenvalue weighted by atomic mass is 79.9. The van der Waals surface area contributed by atoms with Crippen molar-refractivity contribution in [3.8, 4) is 0 Å². The first kappa shape index (κ1) is 13.7. The number of carbonyl (C=O) groups is 1. The molecular formula is C10H11BrO4S. The first-order valence-electron chi connectivity index (χ1n) is 4.53. The summed E-state index contributed by atoms with van der Waals surface area (Å²) in [5.41, 5.74) is 1.58. The first-order valence-corrected chi connectivity index (χ1v) is 6.40. The molecule has 1 aromatic carbocycles. The number of aryl methyl sites for hydroxylation is 1. The van der Waals surface area contributed by atoms with Crippen LogP contribution in [-0.4, -0.2) is 16.4 Å². The van der Waals surface area contributed by atoms with Crippen LogP contribution in [0.25, 0.3) is 0 Å². The smallest absolute Gasteiger partial charge is 0.163 e. The van der Waals surface area contributed by atoms with E-state index in [4.69, 9.17) is 5.26 Å². The first-order chi connectivity index (χ1) is 7.69. The van der Waals surface area contributed by atoms with E-state index in [1.807, 2.05) is 6.92 Å². The minimum Gasteiger partial charge on any atom is -0.294 e. The van der Waals surface area contributed by atoms with Gasteiger partial charge in [0.25, 0.3) is 0 Å². The van der Waals surface area contributed by atoms with Gasteiger partial charge in [0.2, 0.25) is 0 Å². The Balaban J connectivity index is 2.78. The van der Waals surface area contributed by atoms with Gasteiger partial charge >= 0.3 is 0 Å². The van der Waals surface area contributed by atoms with Gasteiger partial charge in [-0.1, -0.05) is 21.0 Å². The van der Waals surface area contributed by atoms with Crippen LogP contribution in [0.1, 0.15) is 22.3 Å². The Labute approximate surface area is 106 Å². The van der Waals surface area contributed by atoms with Crippen LogP contribution in [-0.2, 0) is 9.37 Å². The normalized spacial score (nSPS) is 10.4. The van der Waals surface area contributed by atoms with E-state index in [1.165, 1.54) is 0 Å². The molecule has 0 amide bonds. The highest BCUT2D eigenvalue weighted by molar-refractivity contribution is 9.09. The Hall–Kier alpha value is -0.400. The Morgan fingerprint density at radius 3 is 2.88 bits per heavy atom. The quantitative estimate of drug-likeness (QED) is 0.287. The second-order valence-corrected chi connectivity index (χ2v) is 4.63. The molecule has 0 bridgehead atoms. The Bertz CT molecular complexity index is 370. The number of halogens is 1. The van der Waals surface area contributed by atoms with E-state index >= 15 is 0 Å². The fourth-order valence-electron chi connectivity index (χ4n) is 1.28. The van der Waals surface area contributed by atoms with Crippen LogP contribution in [0.5, 0.6) is 0 Å². The molecule has 0 aliphatic rings. The lowest BCUT2D eigenvalue weighted by Crippen LogP contribution is -2.02. The van der Waals surface area contributed by atoms with E-state index in [0.717, 1.165) is 22.5 Å². The molecule has 1 rings (SSSR count). The Kier molecular flexibility index (Phi) is 6.00. The van der Waals surface area contributed by atoms with Crippen LogP contribution in [0.4, 0.5) is 0 Å². The van der Waals surface area contributed by atoms with Gasteiger partial charge in [-0.3, -0.25) is 4.79 Å². The molecule has 0 fully saturated rings. The number of ketones is 1. The lowest BCUT2D eigenvalue weighted by Gasteiger charge is -2.05. The minimum absolute atomic E-state index is 0.102. The van der Waals surface area contributed by atoms with E-state index in [0.29, 0.717) is 17.3 Å². The molecule has 4 nitrogen and oxygen atoms in total. The minimum atomic E-state index is 0.102. The summed E-state index contributed by atoms with van der Waals surface area (Å²) in [4.78, 5) is 12.4. The maximum atomic E-state index is 11.7. The highest BCUT2D eigenvalue weighted by Gasteiger charge is 2.09. The van der Waals surface area contributed by atoms with Gasteiger partial charge in [0, 0.05) is 22.2 Å². The predicted molar refractivity (Wildman–Crippen MR) is 64.6 cm³/mol. The van der Waals surface area contributed by atoms with Crippen molar-refractivity contribution in [2.75, 3.05) is 5.33 Å². The largest absolute Gasteiger partial charge is 0.294 e. The van der Waals surface area contributed by atoms with Gasteiger partial charge in [0.05, 0.1) is 12.0 Å². The zero-order valence-electron chi connectivity index (χ0n) is 8.60. The summed E-state index contributed by atoms with van der Waals surface area (Å²) in [6, 6.07) is 5.27. The molecule has 0 spiro atoms. The fourth-order valence-corrected chi connectivity index (χ4v) is 2.09. The molecule has 0 saturated carbocycles. The van der Waals surface area contributed by atoms with E-state index in [1.54, 1.807) is 18.2 Å². The zero-order valence-corrected chi connectivity index (χ0v) is 11.0. The Morgan fingerprint density at radius 1 is 1.56 bits per heavy atom. The van der Waals surface area contributed by atoms with Crippen molar-refractivity contribution in [3.05, 3.63) is 29.3 Å². The summed E-state index contributed by atoms with van der Waals surface area (Å²) in [7, 11) is 0. The monoisotopic (exact) mass is 306 g/mol. The number of hydrogen-bond acceptors (Lipinski definition) is 5. The summed E-state index contributed by atoms with van der Waals surface area (Å²) in [5.74, 6) is 0.102. The number of hydrogen-bond donors (Lipinski definition) is 1. The topological polar surface area (TPSA) is 55.8 Å². The Morgan fingerprint density at radius 2 is 2.31 bits per heavy atom. The van der Waals surface area contributed by atoms with E-state index in [-0.39, 0.29) is 5.78 Å². The van der Waals surface area contributed by atoms with Crippen molar-refractivity contribution < 1.29 is 19.4 Å². The molecule has 16 heavy (non-hydrogen) atoms. The van der Waals surface area contributed by atoms with E-state index < -0.39 is 0 Å². The fraction of sp³-hybridized carbons (Fsp3) is 0.300. The second kappa shape index (κ2) is 7.03. The molecule has 0 atom stereocenters. The molecule has 0 saturated heterocycles. The van der Waals surface area contributed by atoms with Gasteiger partial charge in [0.1, 0.15) is 0 Å². The second-order valence-electron chi connectivity index (χ2n) is 3.06. The molecule has 0 radical (unpaired) electrons. The lowest BCUT2D eigenvalue weighted by molar-refractivity contribution is -0.432. The molecule has 0 unspecified atom stereocenters.